The lowest BCUT2D eigenvalue weighted by Gasteiger charge is -2.18. The second kappa shape index (κ2) is 8.91. The number of benzene rings is 1. The van der Waals surface area contributed by atoms with E-state index in [1.165, 1.54) is 41.7 Å². The van der Waals surface area contributed by atoms with Gasteiger partial charge in [-0.3, -0.25) is 10.2 Å². The molecule has 0 aliphatic carbocycles. The van der Waals surface area contributed by atoms with Crippen molar-refractivity contribution in [2.75, 3.05) is 30.0 Å². The molecule has 2 heterocycles. The molecule has 0 radical (unpaired) electrons. The molecule has 0 bridgehead atoms. The van der Waals surface area contributed by atoms with Crippen molar-refractivity contribution in [2.24, 2.45) is 0 Å². The van der Waals surface area contributed by atoms with Crippen molar-refractivity contribution < 1.29 is 21.6 Å². The number of fused-ring (bicyclic) bond motifs is 1. The van der Waals surface area contributed by atoms with Crippen LogP contribution in [0.1, 0.15) is 26.3 Å². The van der Waals surface area contributed by atoms with Crippen LogP contribution in [-0.4, -0.2) is 51.7 Å². The largest absolute Gasteiger partial charge is 0.312 e. The van der Waals surface area contributed by atoms with E-state index in [0.29, 0.717) is 31.7 Å². The van der Waals surface area contributed by atoms with Crippen LogP contribution < -0.4 is 15.2 Å². The molecule has 1 aromatic heterocycles. The Labute approximate surface area is 182 Å². The minimum absolute atomic E-state index is 0.0262. The van der Waals surface area contributed by atoms with Crippen molar-refractivity contribution in [3.05, 3.63) is 42.1 Å². The number of nitrogens with one attached hydrogen (secondary N) is 2. The molecule has 0 saturated heterocycles. The maximum Gasteiger partial charge on any atom is 0.257 e. The summed E-state index contributed by atoms with van der Waals surface area (Å²) in [6.07, 6.45) is 1.76. The molecule has 0 spiro atoms. The van der Waals surface area contributed by atoms with E-state index in [1.807, 2.05) is 0 Å². The van der Waals surface area contributed by atoms with Gasteiger partial charge < -0.3 is 4.90 Å². The third-order valence-electron chi connectivity index (χ3n) is 5.03. The van der Waals surface area contributed by atoms with Crippen molar-refractivity contribution in [2.45, 2.75) is 37.0 Å². The van der Waals surface area contributed by atoms with Gasteiger partial charge in [-0.15, -0.1) is 4.83 Å². The normalized spacial score (nSPS) is 14.0. The van der Waals surface area contributed by atoms with Gasteiger partial charge in [0, 0.05) is 38.4 Å². The van der Waals surface area contributed by atoms with E-state index in [2.05, 4.69) is 15.2 Å². The molecule has 3 rings (SSSR count). The Morgan fingerprint density at radius 1 is 1.10 bits per heavy atom. The summed E-state index contributed by atoms with van der Waals surface area (Å²) in [4.78, 5) is 19.6. The lowest BCUT2D eigenvalue weighted by Crippen LogP contribution is -2.31. The first kappa shape index (κ1) is 23.1. The lowest BCUT2D eigenvalue weighted by molar-refractivity contribution is -0.116. The maximum absolute atomic E-state index is 12.6. The van der Waals surface area contributed by atoms with Crippen LogP contribution in [0, 0.1) is 0 Å². The van der Waals surface area contributed by atoms with Crippen molar-refractivity contribution >= 4 is 37.5 Å². The van der Waals surface area contributed by atoms with Crippen LogP contribution >= 0.6 is 0 Å². The third kappa shape index (κ3) is 4.71. The Balaban J connectivity index is 1.72. The van der Waals surface area contributed by atoms with Gasteiger partial charge in [0.2, 0.25) is 15.9 Å². The molecule has 2 N–H and O–H groups in total. The van der Waals surface area contributed by atoms with E-state index in [0.717, 1.165) is 5.56 Å². The quantitative estimate of drug-likeness (QED) is 0.560. The first-order chi connectivity index (χ1) is 14.6. The van der Waals surface area contributed by atoms with E-state index < -0.39 is 20.0 Å². The van der Waals surface area contributed by atoms with Crippen molar-refractivity contribution in [3.63, 3.8) is 0 Å². The Bertz CT molecular complexity index is 1180. The van der Waals surface area contributed by atoms with Crippen LogP contribution in [-0.2, 0) is 31.3 Å². The molecule has 0 atom stereocenters. The zero-order valence-electron chi connectivity index (χ0n) is 17.5. The highest BCUT2D eigenvalue weighted by molar-refractivity contribution is 7.89. The molecule has 31 heavy (non-hydrogen) atoms. The molecule has 0 fully saturated rings. The fourth-order valence-corrected chi connectivity index (χ4v) is 5.68. The molecule has 1 aliphatic rings. The smallest absolute Gasteiger partial charge is 0.257 e. The molecule has 1 aliphatic heterocycles. The Kier molecular flexibility index (Phi) is 6.65. The number of carbonyl (C=O) groups excluding carboxylic acids is 1. The van der Waals surface area contributed by atoms with Gasteiger partial charge in [0.15, 0.2) is 0 Å². The highest BCUT2D eigenvalue weighted by atomic mass is 32.2. The second-order valence-corrected chi connectivity index (χ2v) is 10.5. The van der Waals surface area contributed by atoms with E-state index in [1.54, 1.807) is 24.8 Å². The summed E-state index contributed by atoms with van der Waals surface area (Å²) in [6, 6.07) is 7.32. The minimum Gasteiger partial charge on any atom is -0.312 e. The highest BCUT2D eigenvalue weighted by Crippen LogP contribution is 2.30. The molecule has 2 aromatic rings. The van der Waals surface area contributed by atoms with Gasteiger partial charge >= 0.3 is 0 Å². The monoisotopic (exact) mass is 467 g/mol. The Morgan fingerprint density at radius 2 is 1.77 bits per heavy atom. The zero-order chi connectivity index (χ0) is 22.8. The van der Waals surface area contributed by atoms with Crippen LogP contribution in [0.2, 0.25) is 0 Å². The number of hydrazine groups is 1. The predicted molar refractivity (Wildman–Crippen MR) is 116 cm³/mol. The molecule has 0 unspecified atom stereocenters. The molecule has 1 amide bonds. The number of hydrogen-bond donors (Lipinski definition) is 2. The SMILES string of the molecule is CCN(CC)S(=O)(=O)c1ccc(NNS(=O)(=O)c2ccc3c(c2)CCN3C(C)=O)nc1. The Morgan fingerprint density at radius 3 is 2.35 bits per heavy atom. The summed E-state index contributed by atoms with van der Waals surface area (Å²) in [5, 5.41) is 0. The lowest BCUT2D eigenvalue weighted by atomic mass is 10.2. The summed E-state index contributed by atoms with van der Waals surface area (Å²) in [7, 11) is -7.55. The molecule has 168 valence electrons. The number of pyridine rings is 1. The highest BCUT2D eigenvalue weighted by Gasteiger charge is 2.25. The van der Waals surface area contributed by atoms with Crippen LogP contribution in [0.3, 0.4) is 0 Å². The first-order valence-electron chi connectivity index (χ1n) is 9.75. The van der Waals surface area contributed by atoms with E-state index in [9.17, 15) is 21.6 Å². The number of amides is 1. The van der Waals surface area contributed by atoms with E-state index in [-0.39, 0.29) is 21.5 Å². The maximum atomic E-state index is 12.6. The summed E-state index contributed by atoms with van der Waals surface area (Å²) in [6.45, 7) is 6.15. The molecular formula is C19H25N5O5S2. The number of sulfonamides is 2. The number of hydrogen-bond acceptors (Lipinski definition) is 7. The summed E-state index contributed by atoms with van der Waals surface area (Å²) < 4.78 is 51.6. The average molecular weight is 468 g/mol. The van der Waals surface area contributed by atoms with Gasteiger partial charge in [0.1, 0.15) is 10.7 Å². The molecular weight excluding hydrogens is 442 g/mol. The van der Waals surface area contributed by atoms with Crippen LogP contribution in [0.25, 0.3) is 0 Å². The molecule has 10 nitrogen and oxygen atoms in total. The standard InChI is InChI=1S/C19H25N5O5S2/c1-4-23(5-2)31(28,29)17-7-9-19(20-13-17)21-22-30(26,27)16-6-8-18-15(12-16)10-11-24(18)14(3)25/h6-9,12-13,22H,4-5,10-11H2,1-3H3,(H,20,21). The molecule has 1 aromatic carbocycles. The number of aromatic nitrogens is 1. The summed E-state index contributed by atoms with van der Waals surface area (Å²) in [5.41, 5.74) is 3.99. The second-order valence-electron chi connectivity index (χ2n) is 6.91. The fourth-order valence-electron chi connectivity index (χ4n) is 3.37. The summed E-state index contributed by atoms with van der Waals surface area (Å²) in [5.74, 6) is 0.0534. The average Bonchev–Trinajstić information content (AvgIpc) is 3.17. The minimum atomic E-state index is -3.91. The van der Waals surface area contributed by atoms with Crippen molar-refractivity contribution in [1.82, 2.24) is 14.1 Å². The van der Waals surface area contributed by atoms with Gasteiger partial charge in [-0.25, -0.2) is 21.8 Å². The number of nitrogens with zero attached hydrogens (tertiary/aromatic N) is 3. The van der Waals surface area contributed by atoms with Crippen LogP contribution in [0.5, 0.6) is 0 Å². The Hall–Kier alpha value is -2.54. The third-order valence-corrected chi connectivity index (χ3v) is 8.31. The van der Waals surface area contributed by atoms with Crippen molar-refractivity contribution in [3.8, 4) is 0 Å². The summed E-state index contributed by atoms with van der Waals surface area (Å²) >= 11 is 0. The molecule has 12 heteroatoms. The number of rotatable bonds is 8. The van der Waals surface area contributed by atoms with Gasteiger partial charge in [-0.05, 0) is 42.3 Å². The predicted octanol–water partition coefficient (Wildman–Crippen LogP) is 1.33. The van der Waals surface area contributed by atoms with Crippen molar-refractivity contribution in [1.29, 1.82) is 0 Å². The van der Waals surface area contributed by atoms with Crippen LogP contribution in [0.15, 0.2) is 46.3 Å². The van der Waals surface area contributed by atoms with E-state index >= 15 is 0 Å². The first-order valence-corrected chi connectivity index (χ1v) is 12.7. The number of anilines is 2. The fraction of sp³-hybridized carbons (Fsp3) is 0.368. The zero-order valence-corrected chi connectivity index (χ0v) is 19.1. The van der Waals surface area contributed by atoms with E-state index in [4.69, 9.17) is 0 Å². The van der Waals surface area contributed by atoms with Crippen LogP contribution in [0.4, 0.5) is 11.5 Å². The topological polar surface area (TPSA) is 129 Å². The molecule has 0 saturated carbocycles. The van der Waals surface area contributed by atoms with Gasteiger partial charge in [0.05, 0.1) is 4.90 Å². The van der Waals surface area contributed by atoms with Gasteiger partial charge in [-0.2, -0.15) is 4.31 Å². The van der Waals surface area contributed by atoms with Gasteiger partial charge in [0.25, 0.3) is 10.0 Å². The van der Waals surface area contributed by atoms with Gasteiger partial charge in [-0.1, -0.05) is 13.8 Å². The number of carbonyl (C=O) groups is 1.